The van der Waals surface area contributed by atoms with Gasteiger partial charge in [-0.3, -0.25) is 9.89 Å². The van der Waals surface area contributed by atoms with Gasteiger partial charge in [-0.2, -0.15) is 5.10 Å². The Hall–Kier alpha value is -1.36. The van der Waals surface area contributed by atoms with Gasteiger partial charge in [-0.05, 0) is 32.7 Å². The third kappa shape index (κ3) is 2.61. The highest BCUT2D eigenvalue weighted by atomic mass is 16.1. The summed E-state index contributed by atoms with van der Waals surface area (Å²) < 4.78 is 0. The highest BCUT2D eigenvalue weighted by Crippen LogP contribution is 2.08. The second-order valence-electron chi connectivity index (χ2n) is 4.25. The molecule has 1 amide bonds. The lowest BCUT2D eigenvalue weighted by atomic mass is 10.1. The monoisotopic (exact) mass is 222 g/mol. The van der Waals surface area contributed by atoms with Gasteiger partial charge in [0.05, 0.1) is 11.8 Å². The van der Waals surface area contributed by atoms with E-state index in [9.17, 15) is 4.79 Å². The molecule has 16 heavy (non-hydrogen) atoms. The van der Waals surface area contributed by atoms with Crippen molar-refractivity contribution in [2.75, 3.05) is 13.1 Å². The van der Waals surface area contributed by atoms with E-state index in [1.807, 2.05) is 6.92 Å². The maximum atomic E-state index is 11.7. The smallest absolute Gasteiger partial charge is 0.254 e. The topological polar surface area (TPSA) is 69.8 Å². The van der Waals surface area contributed by atoms with Crippen LogP contribution in [0.2, 0.25) is 0 Å². The molecule has 2 rings (SSSR count). The molecule has 5 nitrogen and oxygen atoms in total. The molecule has 0 radical (unpaired) electrons. The molecule has 0 aromatic carbocycles. The van der Waals surface area contributed by atoms with Gasteiger partial charge in [-0.25, -0.2) is 0 Å². The van der Waals surface area contributed by atoms with Crippen LogP contribution in [-0.4, -0.2) is 35.2 Å². The molecule has 0 spiro atoms. The van der Waals surface area contributed by atoms with Crippen LogP contribution in [0.3, 0.4) is 0 Å². The van der Waals surface area contributed by atoms with Gasteiger partial charge < -0.3 is 10.6 Å². The van der Waals surface area contributed by atoms with Gasteiger partial charge in [-0.1, -0.05) is 0 Å². The lowest BCUT2D eigenvalue weighted by molar-refractivity contribution is 0.0952. The molecule has 1 aliphatic rings. The van der Waals surface area contributed by atoms with E-state index in [4.69, 9.17) is 0 Å². The van der Waals surface area contributed by atoms with Crippen LogP contribution in [-0.2, 0) is 0 Å². The van der Waals surface area contributed by atoms with E-state index in [-0.39, 0.29) is 5.91 Å². The normalized spacial score (nSPS) is 19.9. The van der Waals surface area contributed by atoms with Crippen molar-refractivity contribution < 1.29 is 4.79 Å². The summed E-state index contributed by atoms with van der Waals surface area (Å²) in [6, 6.07) is 0.575. The van der Waals surface area contributed by atoms with Crippen molar-refractivity contribution in [1.29, 1.82) is 0 Å². The molecular formula is C11H18N4O. The Bertz CT molecular complexity index is 355. The molecule has 1 saturated heterocycles. The third-order valence-corrected chi connectivity index (χ3v) is 3.02. The molecule has 1 aliphatic heterocycles. The number of aromatic amines is 1. The number of aryl methyl sites for hydroxylation is 1. The fourth-order valence-electron chi connectivity index (χ4n) is 2.04. The largest absolute Gasteiger partial charge is 0.352 e. The summed E-state index contributed by atoms with van der Waals surface area (Å²) in [7, 11) is 0. The second kappa shape index (κ2) is 5.12. The van der Waals surface area contributed by atoms with Crippen molar-refractivity contribution in [2.45, 2.75) is 32.2 Å². The van der Waals surface area contributed by atoms with Gasteiger partial charge in [0.1, 0.15) is 0 Å². The molecule has 5 heteroatoms. The zero-order valence-corrected chi connectivity index (χ0v) is 9.55. The fourth-order valence-corrected chi connectivity index (χ4v) is 2.04. The van der Waals surface area contributed by atoms with E-state index < -0.39 is 0 Å². The van der Waals surface area contributed by atoms with E-state index in [2.05, 4.69) is 20.8 Å². The molecule has 1 atom stereocenters. The van der Waals surface area contributed by atoms with Crippen molar-refractivity contribution in [1.82, 2.24) is 20.8 Å². The van der Waals surface area contributed by atoms with Crippen molar-refractivity contribution >= 4 is 5.91 Å². The summed E-state index contributed by atoms with van der Waals surface area (Å²) in [6.45, 7) is 3.68. The SMILES string of the molecule is Cc1[nH]ncc1C(=O)NCC[C@@H]1CCCN1. The highest BCUT2D eigenvalue weighted by molar-refractivity contribution is 5.94. The summed E-state index contributed by atoms with van der Waals surface area (Å²) in [5, 5.41) is 12.9. The average molecular weight is 222 g/mol. The minimum Gasteiger partial charge on any atom is -0.352 e. The second-order valence-corrected chi connectivity index (χ2v) is 4.25. The Labute approximate surface area is 95.0 Å². The molecule has 88 valence electrons. The number of carbonyl (C=O) groups excluding carboxylic acids is 1. The predicted molar refractivity (Wildman–Crippen MR) is 61.3 cm³/mol. The number of nitrogens with zero attached hydrogens (tertiary/aromatic N) is 1. The van der Waals surface area contributed by atoms with Gasteiger partial charge in [0.2, 0.25) is 0 Å². The zero-order valence-electron chi connectivity index (χ0n) is 9.55. The Kier molecular flexibility index (Phi) is 3.56. The summed E-state index contributed by atoms with van der Waals surface area (Å²) >= 11 is 0. The van der Waals surface area contributed by atoms with Gasteiger partial charge in [-0.15, -0.1) is 0 Å². The summed E-state index contributed by atoms with van der Waals surface area (Å²) in [4.78, 5) is 11.7. The Morgan fingerprint density at radius 3 is 3.19 bits per heavy atom. The number of rotatable bonds is 4. The van der Waals surface area contributed by atoms with Gasteiger partial charge in [0, 0.05) is 18.3 Å². The third-order valence-electron chi connectivity index (χ3n) is 3.02. The van der Waals surface area contributed by atoms with E-state index in [0.29, 0.717) is 11.6 Å². The van der Waals surface area contributed by atoms with Crippen LogP contribution in [0, 0.1) is 6.92 Å². The van der Waals surface area contributed by atoms with Crippen molar-refractivity contribution in [3.63, 3.8) is 0 Å². The molecule has 1 aromatic heterocycles. The van der Waals surface area contributed by atoms with Crippen LogP contribution in [0.25, 0.3) is 0 Å². The molecular weight excluding hydrogens is 204 g/mol. The highest BCUT2D eigenvalue weighted by Gasteiger charge is 2.14. The molecule has 2 heterocycles. The van der Waals surface area contributed by atoms with Gasteiger partial charge in [0.25, 0.3) is 5.91 Å². The van der Waals surface area contributed by atoms with Crippen LogP contribution >= 0.6 is 0 Å². The number of H-pyrrole nitrogens is 1. The van der Waals surface area contributed by atoms with Crippen LogP contribution in [0.1, 0.15) is 35.3 Å². The first-order valence-corrected chi connectivity index (χ1v) is 5.79. The van der Waals surface area contributed by atoms with Gasteiger partial charge >= 0.3 is 0 Å². The van der Waals surface area contributed by atoms with Gasteiger partial charge in [0.15, 0.2) is 0 Å². The molecule has 0 saturated carbocycles. The van der Waals surface area contributed by atoms with E-state index >= 15 is 0 Å². The standard InChI is InChI=1S/C11H18N4O/c1-8-10(7-14-15-8)11(16)13-6-4-9-3-2-5-12-9/h7,9,12H,2-6H2,1H3,(H,13,16)(H,14,15)/t9-/m0/s1. The first-order valence-electron chi connectivity index (χ1n) is 5.79. The van der Waals surface area contributed by atoms with Crippen LogP contribution in [0.15, 0.2) is 6.20 Å². The Morgan fingerprint density at radius 1 is 1.69 bits per heavy atom. The summed E-state index contributed by atoms with van der Waals surface area (Å²) in [5.41, 5.74) is 1.45. The van der Waals surface area contributed by atoms with E-state index in [0.717, 1.165) is 25.2 Å². The number of aromatic nitrogens is 2. The van der Waals surface area contributed by atoms with Crippen LogP contribution in [0.5, 0.6) is 0 Å². The van der Waals surface area contributed by atoms with Crippen LogP contribution in [0.4, 0.5) is 0 Å². The molecule has 0 unspecified atom stereocenters. The molecule has 1 aromatic rings. The maximum absolute atomic E-state index is 11.7. The summed E-state index contributed by atoms with van der Waals surface area (Å²) in [6.07, 6.45) is 5.04. The van der Waals surface area contributed by atoms with Crippen LogP contribution < -0.4 is 10.6 Å². The average Bonchev–Trinajstić information content (AvgIpc) is 2.88. The number of hydrogen-bond acceptors (Lipinski definition) is 3. The van der Waals surface area contributed by atoms with Crippen molar-refractivity contribution in [3.8, 4) is 0 Å². The fraction of sp³-hybridized carbons (Fsp3) is 0.636. The van der Waals surface area contributed by atoms with Crippen molar-refractivity contribution in [3.05, 3.63) is 17.5 Å². The lowest BCUT2D eigenvalue weighted by Gasteiger charge is -2.10. The summed E-state index contributed by atoms with van der Waals surface area (Å²) in [5.74, 6) is -0.0377. The van der Waals surface area contributed by atoms with Crippen molar-refractivity contribution in [2.24, 2.45) is 0 Å². The number of amides is 1. The lowest BCUT2D eigenvalue weighted by Crippen LogP contribution is -2.30. The first kappa shape index (κ1) is 11.1. The minimum absolute atomic E-state index is 0.0377. The molecule has 3 N–H and O–H groups in total. The number of hydrogen-bond donors (Lipinski definition) is 3. The Balaban J connectivity index is 1.73. The maximum Gasteiger partial charge on any atom is 0.254 e. The molecule has 1 fully saturated rings. The quantitative estimate of drug-likeness (QED) is 0.698. The molecule has 0 bridgehead atoms. The van der Waals surface area contributed by atoms with E-state index in [1.165, 1.54) is 12.8 Å². The predicted octanol–water partition coefficient (Wildman–Crippen LogP) is 0.590. The van der Waals surface area contributed by atoms with E-state index in [1.54, 1.807) is 6.20 Å². The zero-order chi connectivity index (χ0) is 11.4. The minimum atomic E-state index is -0.0377. The Morgan fingerprint density at radius 2 is 2.56 bits per heavy atom. The molecule has 0 aliphatic carbocycles. The first-order chi connectivity index (χ1) is 7.77. The number of carbonyl (C=O) groups is 1. The number of nitrogens with one attached hydrogen (secondary N) is 3.